The van der Waals surface area contributed by atoms with Crippen LogP contribution in [0.15, 0.2) is 78.4 Å². The molecule has 3 fully saturated rings. The third-order valence-corrected chi connectivity index (χ3v) is 10.7. The van der Waals surface area contributed by atoms with E-state index >= 15 is 4.79 Å². The Morgan fingerprint density at radius 2 is 1.77 bits per heavy atom. The molecular weight excluding hydrogens is 683 g/mol. The lowest BCUT2D eigenvalue weighted by Gasteiger charge is -2.50. The number of phenols is 1. The highest BCUT2D eigenvalue weighted by molar-refractivity contribution is 14.1. The number of carbonyl (C=O) groups excluding carboxylic acids is 4. The first-order valence-corrected chi connectivity index (χ1v) is 15.4. The van der Waals surface area contributed by atoms with Crippen molar-refractivity contribution in [2.24, 2.45) is 23.7 Å². The van der Waals surface area contributed by atoms with Crippen LogP contribution < -0.4 is 15.0 Å². The van der Waals surface area contributed by atoms with Gasteiger partial charge in [-0.15, -0.1) is 0 Å². The quantitative estimate of drug-likeness (QED) is 0.222. The Hall–Kier alpha value is -3.70. The second kappa shape index (κ2) is 10.2. The number of halogens is 2. The van der Waals surface area contributed by atoms with Gasteiger partial charge in [-0.25, -0.2) is 4.90 Å². The fourth-order valence-electron chi connectivity index (χ4n) is 7.95. The van der Waals surface area contributed by atoms with Gasteiger partial charge in [0.25, 0.3) is 0 Å². The van der Waals surface area contributed by atoms with Crippen molar-refractivity contribution in [3.05, 3.63) is 98.1 Å². The molecule has 6 atom stereocenters. The molecule has 0 aromatic heterocycles. The molecule has 8 nitrogen and oxygen atoms in total. The Morgan fingerprint density at radius 1 is 1.00 bits per heavy atom. The first-order chi connectivity index (χ1) is 20.7. The number of hydrogen-bond acceptors (Lipinski definition) is 6. The normalized spacial score (nSPS) is 29.5. The maximum absolute atomic E-state index is 15.1. The minimum Gasteiger partial charge on any atom is -0.504 e. The van der Waals surface area contributed by atoms with Crippen LogP contribution in [0.2, 0.25) is 5.02 Å². The van der Waals surface area contributed by atoms with Crippen molar-refractivity contribution in [1.82, 2.24) is 5.32 Å². The number of phenolic OH excluding ortho intramolecular Hbond substituents is 1. The number of allylic oxidation sites excluding steroid dienone is 2. The molecule has 2 heterocycles. The number of anilines is 1. The number of nitrogens with zero attached hydrogens (tertiary/aromatic N) is 1. The molecule has 3 aromatic carbocycles. The van der Waals surface area contributed by atoms with E-state index in [0.717, 1.165) is 5.57 Å². The first kappa shape index (κ1) is 28.1. The maximum Gasteiger partial charge on any atom is 0.246 e. The summed E-state index contributed by atoms with van der Waals surface area (Å²) >= 11 is 8.35. The largest absolute Gasteiger partial charge is 0.504 e. The van der Waals surface area contributed by atoms with Crippen molar-refractivity contribution in [3.63, 3.8) is 0 Å². The van der Waals surface area contributed by atoms with Crippen LogP contribution in [-0.2, 0) is 24.6 Å². The Bertz CT molecular complexity index is 1760. The minimum atomic E-state index is -1.39. The summed E-state index contributed by atoms with van der Waals surface area (Å²) in [7, 11) is 1.46. The number of hydrogen-bond donors (Lipinski definition) is 2. The average Bonchev–Trinajstić information content (AvgIpc) is 3.42. The highest BCUT2D eigenvalue weighted by Gasteiger charge is 2.69. The summed E-state index contributed by atoms with van der Waals surface area (Å²) < 4.78 is 6.05. The van der Waals surface area contributed by atoms with Gasteiger partial charge >= 0.3 is 0 Å². The monoisotopic (exact) mass is 708 g/mol. The Balaban J connectivity index is 1.54. The molecule has 43 heavy (non-hydrogen) atoms. The Kier molecular flexibility index (Phi) is 6.66. The molecule has 0 unspecified atom stereocenters. The number of fused-ring (bicyclic) bond motifs is 4. The maximum atomic E-state index is 15.1. The van der Waals surface area contributed by atoms with Crippen LogP contribution >= 0.6 is 34.2 Å². The number of nitrogens with one attached hydrogen (secondary N) is 1. The highest BCUT2D eigenvalue weighted by atomic mass is 127. The summed E-state index contributed by atoms with van der Waals surface area (Å²) in [6.45, 7) is 0. The molecule has 2 aliphatic carbocycles. The van der Waals surface area contributed by atoms with Crippen molar-refractivity contribution in [2.45, 2.75) is 24.2 Å². The van der Waals surface area contributed by atoms with Crippen LogP contribution in [0.1, 0.15) is 29.9 Å². The number of aromatic hydroxyl groups is 1. The van der Waals surface area contributed by atoms with Crippen LogP contribution in [0.3, 0.4) is 0 Å². The Labute approximate surface area is 266 Å². The van der Waals surface area contributed by atoms with Gasteiger partial charge in [-0.05, 0) is 82.8 Å². The van der Waals surface area contributed by atoms with E-state index in [1.54, 1.807) is 36.4 Å². The van der Waals surface area contributed by atoms with Crippen molar-refractivity contribution < 1.29 is 29.0 Å². The summed E-state index contributed by atoms with van der Waals surface area (Å²) in [6, 6.07) is 19.5. The zero-order chi connectivity index (χ0) is 30.2. The SMILES string of the molecule is COc1cc([C@H]2C3=CC[C@@H]4C(=O)NC(=O)[C@@H]4[C@@H]3C[C@H]3C(=O)N(c4cccc(Cl)c4)C(=O)[C@@]23c2ccccc2)cc(I)c1O. The molecule has 1 saturated carbocycles. The smallest absolute Gasteiger partial charge is 0.246 e. The van der Waals surface area contributed by atoms with Gasteiger partial charge in [-0.3, -0.25) is 24.5 Å². The van der Waals surface area contributed by atoms with E-state index < -0.39 is 40.9 Å². The third kappa shape index (κ3) is 3.93. The second-order valence-electron chi connectivity index (χ2n) is 11.5. The predicted molar refractivity (Wildman–Crippen MR) is 167 cm³/mol. The lowest BCUT2D eigenvalue weighted by atomic mass is 9.49. The fraction of sp³-hybridized carbons (Fsp3) is 0.273. The molecule has 218 valence electrons. The van der Waals surface area contributed by atoms with E-state index in [-0.39, 0.29) is 35.6 Å². The zero-order valence-electron chi connectivity index (χ0n) is 22.9. The van der Waals surface area contributed by atoms with Crippen LogP contribution in [0, 0.1) is 27.2 Å². The van der Waals surface area contributed by atoms with Gasteiger partial charge in [0.1, 0.15) is 0 Å². The average molecular weight is 709 g/mol. The summed E-state index contributed by atoms with van der Waals surface area (Å²) in [5.41, 5.74) is 1.15. The van der Waals surface area contributed by atoms with Crippen molar-refractivity contribution in [1.29, 1.82) is 0 Å². The molecule has 0 spiro atoms. The van der Waals surface area contributed by atoms with Gasteiger partial charge in [0.15, 0.2) is 11.5 Å². The standard InChI is InChI=1S/C33H26ClIN2O6/c1-43-25-13-16(12-24(35)28(25)38)27-20-10-11-21-26(30(40)36-29(21)39)22(20)15-23-31(41)37(19-9-5-8-18(34)14-19)32(42)33(23,27)17-6-3-2-4-7-17/h2-10,12-14,21-23,26-27,38H,11,15H2,1H3,(H,36,39,40)/t21-,22+,23-,26-,27-,33+/m0/s1. The number of amides is 4. The minimum absolute atomic E-state index is 0.0302. The predicted octanol–water partition coefficient (Wildman–Crippen LogP) is 5.11. The molecule has 0 bridgehead atoms. The van der Waals surface area contributed by atoms with Crippen LogP contribution in [0.25, 0.3) is 0 Å². The van der Waals surface area contributed by atoms with E-state index in [0.29, 0.717) is 31.8 Å². The van der Waals surface area contributed by atoms with E-state index in [9.17, 15) is 19.5 Å². The number of ether oxygens (including phenoxy) is 1. The van der Waals surface area contributed by atoms with E-state index in [1.807, 2.05) is 59.0 Å². The molecule has 3 aromatic rings. The van der Waals surface area contributed by atoms with Crippen molar-refractivity contribution in [3.8, 4) is 11.5 Å². The molecule has 2 N–H and O–H groups in total. The van der Waals surface area contributed by atoms with Crippen molar-refractivity contribution in [2.75, 3.05) is 12.0 Å². The van der Waals surface area contributed by atoms with Gasteiger partial charge < -0.3 is 9.84 Å². The summed E-state index contributed by atoms with van der Waals surface area (Å²) in [4.78, 5) is 56.9. The zero-order valence-corrected chi connectivity index (χ0v) is 25.8. The molecule has 0 radical (unpaired) electrons. The van der Waals surface area contributed by atoms with Gasteiger partial charge in [-0.1, -0.05) is 59.6 Å². The molecular formula is C33H26ClIN2O6. The molecule has 2 saturated heterocycles. The first-order valence-electron chi connectivity index (χ1n) is 14.0. The van der Waals surface area contributed by atoms with Crippen LogP contribution in [-0.4, -0.2) is 35.8 Å². The molecule has 7 rings (SSSR count). The fourth-order valence-corrected chi connectivity index (χ4v) is 8.76. The molecule has 4 aliphatic rings. The third-order valence-electron chi connectivity index (χ3n) is 9.61. The summed E-state index contributed by atoms with van der Waals surface area (Å²) in [5, 5.41) is 13.6. The van der Waals surface area contributed by atoms with Crippen LogP contribution in [0.4, 0.5) is 5.69 Å². The van der Waals surface area contributed by atoms with E-state index in [4.69, 9.17) is 16.3 Å². The second-order valence-corrected chi connectivity index (χ2v) is 13.1. The highest BCUT2D eigenvalue weighted by Crippen LogP contribution is 2.64. The molecule has 4 amide bonds. The van der Waals surface area contributed by atoms with Crippen LogP contribution in [0.5, 0.6) is 11.5 Å². The number of benzene rings is 3. The number of imide groups is 2. The summed E-state index contributed by atoms with van der Waals surface area (Å²) in [5.74, 6) is -4.42. The topological polar surface area (TPSA) is 113 Å². The van der Waals surface area contributed by atoms with Crippen molar-refractivity contribution >= 4 is 63.5 Å². The summed E-state index contributed by atoms with van der Waals surface area (Å²) in [6.07, 6.45) is 2.54. The number of methoxy groups -OCH3 is 1. The number of rotatable bonds is 4. The van der Waals surface area contributed by atoms with E-state index in [1.165, 1.54) is 12.0 Å². The van der Waals surface area contributed by atoms with Gasteiger partial charge in [0.05, 0.1) is 39.5 Å². The van der Waals surface area contributed by atoms with Gasteiger partial charge in [-0.2, -0.15) is 0 Å². The van der Waals surface area contributed by atoms with Gasteiger partial charge in [0.2, 0.25) is 23.6 Å². The van der Waals surface area contributed by atoms with Gasteiger partial charge in [0, 0.05) is 10.9 Å². The lowest BCUT2D eigenvalue weighted by Crippen LogP contribution is -2.53. The number of carbonyl (C=O) groups is 4. The Morgan fingerprint density at radius 3 is 2.49 bits per heavy atom. The molecule has 2 aliphatic heterocycles. The molecule has 10 heteroatoms. The van der Waals surface area contributed by atoms with E-state index in [2.05, 4.69) is 5.32 Å². The lowest BCUT2D eigenvalue weighted by molar-refractivity contribution is -0.128.